The molecule has 1 saturated heterocycles. The van der Waals surface area contributed by atoms with E-state index in [1.54, 1.807) is 5.57 Å². The highest BCUT2D eigenvalue weighted by molar-refractivity contribution is 5.39. The van der Waals surface area contributed by atoms with Crippen LogP contribution in [-0.4, -0.2) is 23.4 Å². The Morgan fingerprint density at radius 2 is 1.70 bits per heavy atom. The molecule has 10 atom stereocenters. The maximum absolute atomic E-state index is 10.2. The second kappa shape index (κ2) is 7.20. The molecule has 1 N–H and O–H groups in total. The van der Waals surface area contributed by atoms with Crippen LogP contribution in [0.4, 0.5) is 0 Å². The lowest BCUT2D eigenvalue weighted by molar-refractivity contribution is 0.0299. The van der Waals surface area contributed by atoms with Crippen LogP contribution in [0.3, 0.4) is 0 Å². The second-order valence-corrected chi connectivity index (χ2v) is 12.5. The topological polar surface area (TPSA) is 32.8 Å². The van der Waals surface area contributed by atoms with E-state index >= 15 is 0 Å². The number of ether oxygens (including phenoxy) is 1. The number of fused-ring (bicyclic) bond motifs is 5. The molecule has 0 bridgehead atoms. The van der Waals surface area contributed by atoms with Gasteiger partial charge in [-0.15, -0.1) is 0 Å². The van der Waals surface area contributed by atoms with Crippen molar-refractivity contribution in [2.75, 3.05) is 0 Å². The summed E-state index contributed by atoms with van der Waals surface area (Å²) in [5.74, 6) is 4.32. The third kappa shape index (κ3) is 3.03. The van der Waals surface area contributed by atoms with Crippen LogP contribution in [-0.2, 0) is 4.74 Å². The highest BCUT2D eigenvalue weighted by Gasteiger charge is 2.60. The molecule has 168 valence electrons. The van der Waals surface area contributed by atoms with Crippen LogP contribution in [0.2, 0.25) is 0 Å². The van der Waals surface area contributed by atoms with Crippen molar-refractivity contribution in [2.24, 2.45) is 46.3 Å². The Morgan fingerprint density at radius 1 is 0.933 bits per heavy atom. The Bertz CT molecular complexity index is 750. The molecule has 0 aromatic heterocycles. The number of allylic oxidation sites excluding steroid dienone is 3. The quantitative estimate of drug-likeness (QED) is 0.532. The molecule has 0 spiro atoms. The summed E-state index contributed by atoms with van der Waals surface area (Å²) >= 11 is 0. The minimum atomic E-state index is -0.121. The normalized spacial score (nSPS) is 49.5. The maximum atomic E-state index is 10.2. The van der Waals surface area contributed by atoms with Gasteiger partial charge in [0.25, 0.3) is 0 Å². The van der Waals surface area contributed by atoms with Crippen LogP contribution in [0.15, 0.2) is 23.3 Å². The summed E-state index contributed by atoms with van der Waals surface area (Å²) in [7, 11) is 0. The molecule has 0 aromatic rings. The highest BCUT2D eigenvalue weighted by atomic mass is 16.6. The first-order chi connectivity index (χ1) is 14.2. The first-order valence-corrected chi connectivity index (χ1v) is 12.9. The van der Waals surface area contributed by atoms with E-state index in [9.17, 15) is 5.11 Å². The molecule has 0 amide bonds. The summed E-state index contributed by atoms with van der Waals surface area (Å²) in [4.78, 5) is 0. The molecule has 30 heavy (non-hydrogen) atoms. The molecule has 0 radical (unpaired) electrons. The van der Waals surface area contributed by atoms with Crippen molar-refractivity contribution in [1.82, 2.24) is 0 Å². The van der Waals surface area contributed by atoms with E-state index in [0.29, 0.717) is 46.7 Å². The molecule has 2 heteroatoms. The Labute approximate surface area is 184 Å². The predicted molar refractivity (Wildman–Crippen MR) is 123 cm³/mol. The molecule has 2 nitrogen and oxygen atoms in total. The van der Waals surface area contributed by atoms with Crippen LogP contribution in [0, 0.1) is 46.3 Å². The highest BCUT2D eigenvalue weighted by Crippen LogP contribution is 2.66. The van der Waals surface area contributed by atoms with Gasteiger partial charge in [0.2, 0.25) is 0 Å². The fourth-order valence-corrected chi connectivity index (χ4v) is 8.48. The lowest BCUT2D eigenvalue weighted by Crippen LogP contribution is -2.47. The minimum absolute atomic E-state index is 0.121. The van der Waals surface area contributed by atoms with Gasteiger partial charge in [-0.1, -0.05) is 64.8 Å². The zero-order valence-corrected chi connectivity index (χ0v) is 20.2. The molecule has 2 unspecified atom stereocenters. The Balaban J connectivity index is 1.37. The lowest BCUT2D eigenvalue weighted by atomic mass is 9.50. The zero-order chi connectivity index (χ0) is 21.4. The SMILES string of the molecule is CC(C)C(C)[C@H]1O[C@@H]1C(C)[C@H]1CC[C@H]2C3=CC=C4C[C@@H](O)CC[C@]4(C)[C@H]3CC[C@]12C. The second-order valence-electron chi connectivity index (χ2n) is 12.5. The van der Waals surface area contributed by atoms with Gasteiger partial charge in [-0.3, -0.25) is 0 Å². The standard InChI is InChI=1S/C28H44O2/c1-16(2)17(3)25-26(30-25)18(4)22-9-10-23-21-8-7-19-15-20(29)11-13-27(19,5)24(21)12-14-28(22,23)6/h7-8,16-18,20,22-26,29H,9-15H2,1-6H3/t17?,18?,20-,22+,23-,24-,25+,26+,27-,28+/m0/s1. The van der Waals surface area contributed by atoms with Crippen molar-refractivity contribution in [3.63, 3.8) is 0 Å². The number of hydrogen-bond donors (Lipinski definition) is 1. The zero-order valence-electron chi connectivity index (χ0n) is 20.2. The minimum Gasteiger partial charge on any atom is -0.393 e. The molecule has 4 aliphatic carbocycles. The van der Waals surface area contributed by atoms with Gasteiger partial charge in [0.05, 0.1) is 18.3 Å². The third-order valence-corrected chi connectivity index (χ3v) is 10.9. The summed E-state index contributed by atoms with van der Waals surface area (Å²) in [5.41, 5.74) is 4.03. The van der Waals surface area contributed by atoms with Gasteiger partial charge in [-0.05, 0) is 91.3 Å². The van der Waals surface area contributed by atoms with E-state index in [4.69, 9.17) is 4.74 Å². The smallest absolute Gasteiger partial charge is 0.0873 e. The van der Waals surface area contributed by atoms with Crippen LogP contribution >= 0.6 is 0 Å². The monoisotopic (exact) mass is 412 g/mol. The molecule has 0 aromatic carbocycles. The largest absolute Gasteiger partial charge is 0.393 e. The van der Waals surface area contributed by atoms with Gasteiger partial charge in [0.1, 0.15) is 0 Å². The van der Waals surface area contributed by atoms with E-state index in [0.717, 1.165) is 31.1 Å². The van der Waals surface area contributed by atoms with Gasteiger partial charge >= 0.3 is 0 Å². The van der Waals surface area contributed by atoms with Crippen molar-refractivity contribution in [3.8, 4) is 0 Å². The number of epoxide rings is 1. The van der Waals surface area contributed by atoms with Gasteiger partial charge < -0.3 is 9.84 Å². The molecule has 1 aliphatic heterocycles. The van der Waals surface area contributed by atoms with E-state index in [1.165, 1.54) is 31.3 Å². The molecule has 3 saturated carbocycles. The summed E-state index contributed by atoms with van der Waals surface area (Å²) in [6, 6.07) is 0. The van der Waals surface area contributed by atoms with Crippen molar-refractivity contribution in [1.29, 1.82) is 0 Å². The Hall–Kier alpha value is -0.600. The van der Waals surface area contributed by atoms with Crippen LogP contribution in [0.5, 0.6) is 0 Å². The average Bonchev–Trinajstić information content (AvgIpc) is 3.42. The van der Waals surface area contributed by atoms with Gasteiger partial charge in [-0.25, -0.2) is 0 Å². The third-order valence-electron chi connectivity index (χ3n) is 10.9. The van der Waals surface area contributed by atoms with Crippen LogP contribution < -0.4 is 0 Å². The van der Waals surface area contributed by atoms with E-state index in [2.05, 4.69) is 53.7 Å². The lowest BCUT2D eigenvalue weighted by Gasteiger charge is -2.55. The number of aliphatic hydroxyl groups is 1. The van der Waals surface area contributed by atoms with Crippen molar-refractivity contribution >= 4 is 0 Å². The van der Waals surface area contributed by atoms with Crippen molar-refractivity contribution in [2.45, 2.75) is 105 Å². The molecule has 4 fully saturated rings. The number of rotatable bonds is 4. The summed E-state index contributed by atoms with van der Waals surface area (Å²) < 4.78 is 6.29. The summed E-state index contributed by atoms with van der Waals surface area (Å²) in [5, 5.41) is 10.2. The van der Waals surface area contributed by atoms with E-state index in [1.807, 2.05) is 0 Å². The molecule has 5 rings (SSSR count). The molecule has 5 aliphatic rings. The fraction of sp³-hybridized carbons (Fsp3) is 0.857. The molecular formula is C28H44O2. The van der Waals surface area contributed by atoms with Gasteiger partial charge in [0.15, 0.2) is 0 Å². The predicted octanol–water partition coefficient (Wildman–Crippen LogP) is 6.54. The van der Waals surface area contributed by atoms with Crippen molar-refractivity contribution in [3.05, 3.63) is 23.3 Å². The fourth-order valence-electron chi connectivity index (χ4n) is 8.48. The molecular weight excluding hydrogens is 368 g/mol. The average molecular weight is 413 g/mol. The van der Waals surface area contributed by atoms with E-state index in [-0.39, 0.29) is 6.10 Å². The summed E-state index contributed by atoms with van der Waals surface area (Å²) in [6.45, 7) is 14.7. The first-order valence-electron chi connectivity index (χ1n) is 12.9. The Morgan fingerprint density at radius 3 is 2.43 bits per heavy atom. The number of aliphatic hydroxyl groups excluding tert-OH is 1. The van der Waals surface area contributed by atoms with E-state index < -0.39 is 0 Å². The van der Waals surface area contributed by atoms with Crippen molar-refractivity contribution < 1.29 is 9.84 Å². The van der Waals surface area contributed by atoms with Gasteiger partial charge in [-0.2, -0.15) is 0 Å². The first kappa shape index (κ1) is 21.3. The Kier molecular flexibility index (Phi) is 5.10. The number of hydrogen-bond acceptors (Lipinski definition) is 2. The van der Waals surface area contributed by atoms with Crippen LogP contribution in [0.1, 0.15) is 86.5 Å². The molecule has 1 heterocycles. The van der Waals surface area contributed by atoms with Gasteiger partial charge in [0, 0.05) is 0 Å². The van der Waals surface area contributed by atoms with Crippen LogP contribution in [0.25, 0.3) is 0 Å². The summed E-state index contributed by atoms with van der Waals surface area (Å²) in [6.07, 6.45) is 14.3. The maximum Gasteiger partial charge on any atom is 0.0873 e.